The van der Waals surface area contributed by atoms with Gasteiger partial charge in [-0.15, -0.1) is 0 Å². The molecular weight excluding hydrogens is 132 g/mol. The van der Waals surface area contributed by atoms with Gasteiger partial charge in [-0.2, -0.15) is 0 Å². The van der Waals surface area contributed by atoms with Gasteiger partial charge in [-0.05, 0) is 0 Å². The Hall–Kier alpha value is -0.410. The molecule has 0 aliphatic carbocycles. The van der Waals surface area contributed by atoms with E-state index in [1.807, 2.05) is 0 Å². The third-order valence-corrected chi connectivity index (χ3v) is 2.18. The Labute approximate surface area is 59.0 Å². The molecule has 0 unspecified atom stereocenters. The number of carbonyl (C=O) groups excluding carboxylic acids is 1. The number of ketones is 1. The van der Waals surface area contributed by atoms with Crippen molar-refractivity contribution in [2.75, 3.05) is 0 Å². The minimum absolute atomic E-state index is 0.0150. The van der Waals surface area contributed by atoms with Gasteiger partial charge < -0.3 is 9.84 Å². The van der Waals surface area contributed by atoms with E-state index in [0.717, 1.165) is 0 Å². The highest BCUT2D eigenvalue weighted by molar-refractivity contribution is 5.80. The summed E-state index contributed by atoms with van der Waals surface area (Å²) in [5.74, 6) is 0.234. The molecule has 2 fully saturated rings. The van der Waals surface area contributed by atoms with Crippen molar-refractivity contribution in [1.82, 2.24) is 0 Å². The minimum atomic E-state index is -0.392. The predicted octanol–water partition coefficient (Wildman–Crippen LogP) is -0.132. The van der Waals surface area contributed by atoms with E-state index in [9.17, 15) is 9.90 Å². The van der Waals surface area contributed by atoms with E-state index in [0.29, 0.717) is 19.3 Å². The molecule has 2 aliphatic heterocycles. The summed E-state index contributed by atoms with van der Waals surface area (Å²) >= 11 is 0. The van der Waals surface area contributed by atoms with Crippen LogP contribution in [0.4, 0.5) is 0 Å². The second kappa shape index (κ2) is 2.04. The Morgan fingerprint density at radius 1 is 1.50 bits per heavy atom. The standard InChI is InChI=1S/C7H10O3/c8-4-1-5-3-6(9)7(2-4)10-5/h5-7,9H,1-3H2/t5-,6-,7+/m1/s1. The summed E-state index contributed by atoms with van der Waals surface area (Å²) in [6, 6.07) is 0. The molecule has 2 saturated heterocycles. The van der Waals surface area contributed by atoms with Crippen molar-refractivity contribution in [1.29, 1.82) is 0 Å². The molecule has 0 aromatic heterocycles. The number of carbonyl (C=O) groups is 1. The number of Topliss-reactive ketones (excluding diaryl/α,β-unsaturated/α-hetero) is 1. The SMILES string of the molecule is O=C1C[C@@H]2C[C@@H](O)[C@H](C1)O2. The first-order valence-electron chi connectivity index (χ1n) is 3.61. The molecule has 2 bridgehead atoms. The van der Waals surface area contributed by atoms with Gasteiger partial charge in [-0.1, -0.05) is 0 Å². The predicted molar refractivity (Wildman–Crippen MR) is 33.5 cm³/mol. The van der Waals surface area contributed by atoms with Crippen LogP contribution in [-0.4, -0.2) is 29.2 Å². The lowest BCUT2D eigenvalue weighted by atomic mass is 10.1. The first kappa shape index (κ1) is 6.31. The smallest absolute Gasteiger partial charge is 0.138 e. The Balaban J connectivity index is 2.13. The number of aliphatic hydroxyl groups excluding tert-OH is 1. The molecular formula is C7H10O3. The van der Waals surface area contributed by atoms with Crippen molar-refractivity contribution >= 4 is 5.78 Å². The lowest BCUT2D eigenvalue weighted by molar-refractivity contribution is -0.131. The van der Waals surface area contributed by atoms with Crippen LogP contribution in [0.2, 0.25) is 0 Å². The number of hydrogen-bond acceptors (Lipinski definition) is 3. The molecule has 0 aromatic rings. The fourth-order valence-corrected chi connectivity index (χ4v) is 1.69. The monoisotopic (exact) mass is 142 g/mol. The summed E-state index contributed by atoms with van der Waals surface area (Å²) < 4.78 is 5.31. The Morgan fingerprint density at radius 2 is 2.30 bits per heavy atom. The van der Waals surface area contributed by atoms with Gasteiger partial charge in [0.1, 0.15) is 5.78 Å². The fourth-order valence-electron chi connectivity index (χ4n) is 1.69. The molecule has 10 heavy (non-hydrogen) atoms. The Morgan fingerprint density at radius 3 is 3.00 bits per heavy atom. The third kappa shape index (κ3) is 0.859. The van der Waals surface area contributed by atoms with Gasteiger partial charge in [0, 0.05) is 19.3 Å². The van der Waals surface area contributed by atoms with Crippen molar-refractivity contribution in [3.63, 3.8) is 0 Å². The van der Waals surface area contributed by atoms with Crippen LogP contribution in [0.1, 0.15) is 19.3 Å². The van der Waals surface area contributed by atoms with Crippen molar-refractivity contribution < 1.29 is 14.6 Å². The van der Waals surface area contributed by atoms with E-state index < -0.39 is 6.10 Å². The van der Waals surface area contributed by atoms with Gasteiger partial charge in [-0.3, -0.25) is 4.79 Å². The van der Waals surface area contributed by atoms with Crippen LogP contribution in [0, 0.1) is 0 Å². The molecule has 0 amide bonds. The van der Waals surface area contributed by atoms with Gasteiger partial charge in [0.05, 0.1) is 18.3 Å². The van der Waals surface area contributed by atoms with Gasteiger partial charge in [0.2, 0.25) is 0 Å². The van der Waals surface area contributed by atoms with Gasteiger partial charge in [-0.25, -0.2) is 0 Å². The molecule has 2 rings (SSSR count). The van der Waals surface area contributed by atoms with Crippen LogP contribution >= 0.6 is 0 Å². The highest BCUT2D eigenvalue weighted by Crippen LogP contribution is 2.30. The lowest BCUT2D eigenvalue weighted by Crippen LogP contribution is -2.28. The summed E-state index contributed by atoms with van der Waals surface area (Å²) in [5.41, 5.74) is 0. The molecule has 0 aromatic carbocycles. The average Bonchev–Trinajstić information content (AvgIpc) is 2.07. The van der Waals surface area contributed by atoms with Crippen LogP contribution in [0.3, 0.4) is 0 Å². The number of ether oxygens (including phenoxy) is 1. The number of fused-ring (bicyclic) bond motifs is 2. The molecule has 0 saturated carbocycles. The van der Waals surface area contributed by atoms with E-state index >= 15 is 0 Å². The molecule has 2 aliphatic rings. The summed E-state index contributed by atoms with van der Waals surface area (Å²) in [6.07, 6.45) is 1.01. The lowest BCUT2D eigenvalue weighted by Gasteiger charge is -2.18. The van der Waals surface area contributed by atoms with E-state index in [1.54, 1.807) is 0 Å². The highest BCUT2D eigenvalue weighted by atomic mass is 16.5. The quantitative estimate of drug-likeness (QED) is 0.512. The minimum Gasteiger partial charge on any atom is -0.390 e. The molecule has 2 heterocycles. The fraction of sp³-hybridized carbons (Fsp3) is 0.857. The summed E-state index contributed by atoms with van der Waals surface area (Å²) in [4.78, 5) is 10.9. The van der Waals surface area contributed by atoms with E-state index in [2.05, 4.69) is 0 Å². The Kier molecular flexibility index (Phi) is 1.28. The maximum atomic E-state index is 10.9. The second-order valence-electron chi connectivity index (χ2n) is 3.05. The Bertz CT molecular complexity index is 164. The first-order chi connectivity index (χ1) is 4.75. The van der Waals surface area contributed by atoms with Crippen molar-refractivity contribution in [3.8, 4) is 0 Å². The zero-order valence-electron chi connectivity index (χ0n) is 5.62. The van der Waals surface area contributed by atoms with Crippen molar-refractivity contribution in [3.05, 3.63) is 0 Å². The van der Waals surface area contributed by atoms with Gasteiger partial charge >= 0.3 is 0 Å². The number of aliphatic hydroxyl groups is 1. The van der Waals surface area contributed by atoms with E-state index in [1.165, 1.54) is 0 Å². The zero-order chi connectivity index (χ0) is 7.14. The molecule has 3 atom stereocenters. The van der Waals surface area contributed by atoms with Crippen LogP contribution in [0.15, 0.2) is 0 Å². The van der Waals surface area contributed by atoms with E-state index in [4.69, 9.17) is 4.74 Å². The maximum absolute atomic E-state index is 10.9. The summed E-state index contributed by atoms with van der Waals surface area (Å²) in [7, 11) is 0. The normalized spacial score (nSPS) is 46.1. The van der Waals surface area contributed by atoms with Crippen molar-refractivity contribution in [2.24, 2.45) is 0 Å². The number of rotatable bonds is 0. The van der Waals surface area contributed by atoms with Crippen LogP contribution in [-0.2, 0) is 9.53 Å². The first-order valence-corrected chi connectivity index (χ1v) is 3.61. The third-order valence-electron chi connectivity index (χ3n) is 2.18. The number of hydrogen-bond donors (Lipinski definition) is 1. The van der Waals surface area contributed by atoms with Crippen LogP contribution in [0.25, 0.3) is 0 Å². The zero-order valence-corrected chi connectivity index (χ0v) is 5.62. The van der Waals surface area contributed by atoms with Crippen molar-refractivity contribution in [2.45, 2.75) is 37.6 Å². The van der Waals surface area contributed by atoms with E-state index in [-0.39, 0.29) is 18.0 Å². The molecule has 3 nitrogen and oxygen atoms in total. The van der Waals surface area contributed by atoms with Crippen LogP contribution in [0.5, 0.6) is 0 Å². The molecule has 3 heteroatoms. The van der Waals surface area contributed by atoms with Gasteiger partial charge in [0.15, 0.2) is 0 Å². The average molecular weight is 142 g/mol. The topological polar surface area (TPSA) is 46.5 Å². The second-order valence-corrected chi connectivity index (χ2v) is 3.05. The highest BCUT2D eigenvalue weighted by Gasteiger charge is 2.40. The van der Waals surface area contributed by atoms with Crippen LogP contribution < -0.4 is 0 Å². The maximum Gasteiger partial charge on any atom is 0.138 e. The molecule has 56 valence electrons. The summed E-state index contributed by atoms with van der Waals surface area (Å²) in [6.45, 7) is 0. The molecule has 0 spiro atoms. The largest absolute Gasteiger partial charge is 0.390 e. The molecule has 0 radical (unpaired) electrons. The summed E-state index contributed by atoms with van der Waals surface area (Å²) in [5, 5.41) is 9.24. The van der Waals surface area contributed by atoms with Gasteiger partial charge in [0.25, 0.3) is 0 Å². The molecule has 1 N–H and O–H groups in total.